The number of hydrogen-bond acceptors (Lipinski definition) is 5. The number of carbonyl (C=O) groups excluding carboxylic acids is 1. The lowest BCUT2D eigenvalue weighted by molar-refractivity contribution is -0.152. The molecule has 2 atom stereocenters. The smallest absolute Gasteiger partial charge is 0.310 e. The van der Waals surface area contributed by atoms with Crippen molar-refractivity contribution in [3.05, 3.63) is 0 Å². The molecule has 0 bridgehead atoms. The van der Waals surface area contributed by atoms with Crippen LogP contribution in [0.5, 0.6) is 0 Å². The highest BCUT2D eigenvalue weighted by Gasteiger charge is 2.32. The van der Waals surface area contributed by atoms with E-state index in [1.807, 2.05) is 13.8 Å². The topological polar surface area (TPSA) is 54.0 Å². The molecule has 1 fully saturated rings. The number of rotatable bonds is 5. The van der Waals surface area contributed by atoms with Crippen LogP contribution in [0, 0.1) is 5.92 Å². The lowest BCUT2D eigenvalue weighted by Crippen LogP contribution is -2.26. The number of hydrogen-bond donors (Lipinski definition) is 0. The summed E-state index contributed by atoms with van der Waals surface area (Å²) in [6.07, 6.45) is -0.0557. The maximum absolute atomic E-state index is 11.1. The molecule has 0 radical (unpaired) electrons. The summed E-state index contributed by atoms with van der Waals surface area (Å²) in [5.74, 6) is -1.04. The van der Waals surface area contributed by atoms with Gasteiger partial charge in [0.05, 0.1) is 32.8 Å². The molecule has 0 saturated carbocycles. The zero-order valence-corrected chi connectivity index (χ0v) is 10.3. The van der Waals surface area contributed by atoms with Crippen molar-refractivity contribution in [3.63, 3.8) is 0 Å². The van der Waals surface area contributed by atoms with E-state index in [1.54, 1.807) is 6.92 Å². The van der Waals surface area contributed by atoms with Crippen molar-refractivity contribution in [2.45, 2.75) is 32.7 Å². The largest absolute Gasteiger partial charge is 0.469 e. The van der Waals surface area contributed by atoms with Gasteiger partial charge in [0.15, 0.2) is 5.79 Å². The molecule has 5 nitrogen and oxygen atoms in total. The number of carbonyl (C=O) groups is 1. The van der Waals surface area contributed by atoms with Crippen molar-refractivity contribution in [2.24, 2.45) is 5.92 Å². The molecule has 0 aromatic carbocycles. The summed E-state index contributed by atoms with van der Waals surface area (Å²) in [5.41, 5.74) is 0. The fourth-order valence-corrected chi connectivity index (χ4v) is 1.49. The van der Waals surface area contributed by atoms with E-state index >= 15 is 0 Å². The first-order chi connectivity index (χ1) is 7.44. The lowest BCUT2D eigenvalue weighted by atomic mass is 10.2. The first-order valence-electron chi connectivity index (χ1n) is 5.42. The Hall–Kier alpha value is -0.650. The predicted octanol–water partition coefficient (Wildman–Crippen LogP) is 0.964. The summed E-state index contributed by atoms with van der Waals surface area (Å²) in [6, 6.07) is 0. The minimum Gasteiger partial charge on any atom is -0.469 e. The molecule has 94 valence electrons. The lowest BCUT2D eigenvalue weighted by Gasteiger charge is -2.17. The summed E-state index contributed by atoms with van der Waals surface area (Å²) >= 11 is 0. The SMILES string of the molecule is COC(=O)C(C)COCC1COC(C)(C)O1. The monoisotopic (exact) mass is 232 g/mol. The van der Waals surface area contributed by atoms with Crippen LogP contribution in [0.2, 0.25) is 0 Å². The van der Waals surface area contributed by atoms with E-state index in [2.05, 4.69) is 4.74 Å². The Morgan fingerprint density at radius 1 is 1.56 bits per heavy atom. The molecule has 0 aliphatic carbocycles. The first-order valence-corrected chi connectivity index (χ1v) is 5.42. The van der Waals surface area contributed by atoms with E-state index in [-0.39, 0.29) is 18.0 Å². The molecule has 0 N–H and O–H groups in total. The fraction of sp³-hybridized carbons (Fsp3) is 0.909. The molecular formula is C11H20O5. The second-order valence-corrected chi connectivity index (χ2v) is 4.41. The van der Waals surface area contributed by atoms with Crippen LogP contribution >= 0.6 is 0 Å². The van der Waals surface area contributed by atoms with E-state index in [1.165, 1.54) is 7.11 Å². The molecule has 1 heterocycles. The molecular weight excluding hydrogens is 212 g/mol. The van der Waals surface area contributed by atoms with Gasteiger partial charge in [-0.3, -0.25) is 4.79 Å². The second kappa shape index (κ2) is 5.61. The summed E-state index contributed by atoms with van der Waals surface area (Å²) in [6.45, 7) is 6.80. The Labute approximate surface area is 96.0 Å². The Morgan fingerprint density at radius 3 is 2.75 bits per heavy atom. The summed E-state index contributed by atoms with van der Waals surface area (Å²) in [7, 11) is 1.37. The van der Waals surface area contributed by atoms with Crippen molar-refractivity contribution in [1.29, 1.82) is 0 Å². The molecule has 2 unspecified atom stereocenters. The van der Waals surface area contributed by atoms with E-state index in [0.717, 1.165) is 0 Å². The van der Waals surface area contributed by atoms with Crippen LogP contribution in [0.1, 0.15) is 20.8 Å². The van der Waals surface area contributed by atoms with Gasteiger partial charge in [-0.2, -0.15) is 0 Å². The van der Waals surface area contributed by atoms with Crippen molar-refractivity contribution < 1.29 is 23.7 Å². The Morgan fingerprint density at radius 2 is 2.25 bits per heavy atom. The van der Waals surface area contributed by atoms with E-state index < -0.39 is 5.79 Å². The van der Waals surface area contributed by atoms with E-state index in [0.29, 0.717) is 19.8 Å². The molecule has 0 spiro atoms. The van der Waals surface area contributed by atoms with Gasteiger partial charge in [-0.1, -0.05) is 0 Å². The van der Waals surface area contributed by atoms with Gasteiger partial charge in [-0.15, -0.1) is 0 Å². The number of esters is 1. The molecule has 0 amide bonds. The quantitative estimate of drug-likeness (QED) is 0.661. The van der Waals surface area contributed by atoms with Gasteiger partial charge in [0.25, 0.3) is 0 Å². The van der Waals surface area contributed by atoms with Crippen molar-refractivity contribution >= 4 is 5.97 Å². The van der Waals surface area contributed by atoms with Crippen LogP contribution in [0.3, 0.4) is 0 Å². The van der Waals surface area contributed by atoms with Gasteiger partial charge in [0.2, 0.25) is 0 Å². The highest BCUT2D eigenvalue weighted by Crippen LogP contribution is 2.22. The average molecular weight is 232 g/mol. The highest BCUT2D eigenvalue weighted by atomic mass is 16.7. The van der Waals surface area contributed by atoms with Gasteiger partial charge in [-0.05, 0) is 20.8 Å². The standard InChI is InChI=1S/C11H20O5/c1-8(10(12)13-4)5-14-6-9-7-15-11(2,3)16-9/h8-9H,5-7H2,1-4H3. The number of methoxy groups -OCH3 is 1. The maximum Gasteiger partial charge on any atom is 0.310 e. The van der Waals surface area contributed by atoms with Crippen LogP contribution in [-0.2, 0) is 23.7 Å². The number of ether oxygens (including phenoxy) is 4. The summed E-state index contributed by atoms with van der Waals surface area (Å²) in [4.78, 5) is 11.1. The molecule has 5 heteroatoms. The molecule has 1 aliphatic heterocycles. The van der Waals surface area contributed by atoms with Crippen LogP contribution in [-0.4, -0.2) is 44.8 Å². The third-order valence-electron chi connectivity index (χ3n) is 2.34. The zero-order valence-electron chi connectivity index (χ0n) is 10.3. The summed E-state index contributed by atoms with van der Waals surface area (Å²) < 4.78 is 20.9. The first kappa shape index (κ1) is 13.4. The van der Waals surface area contributed by atoms with Crippen molar-refractivity contribution in [2.75, 3.05) is 26.9 Å². The Kier molecular flexibility index (Phi) is 4.70. The third-order valence-corrected chi connectivity index (χ3v) is 2.34. The van der Waals surface area contributed by atoms with Gasteiger partial charge < -0.3 is 18.9 Å². The van der Waals surface area contributed by atoms with E-state index in [4.69, 9.17) is 14.2 Å². The van der Waals surface area contributed by atoms with Crippen molar-refractivity contribution in [3.8, 4) is 0 Å². The zero-order chi connectivity index (χ0) is 12.2. The molecule has 1 saturated heterocycles. The molecule has 16 heavy (non-hydrogen) atoms. The minimum atomic E-state index is -0.526. The van der Waals surface area contributed by atoms with E-state index in [9.17, 15) is 4.79 Å². The van der Waals surface area contributed by atoms with Gasteiger partial charge in [0, 0.05) is 0 Å². The molecule has 1 aliphatic rings. The Balaban J connectivity index is 2.15. The van der Waals surface area contributed by atoms with Gasteiger partial charge in [0.1, 0.15) is 6.10 Å². The highest BCUT2D eigenvalue weighted by molar-refractivity contribution is 5.71. The average Bonchev–Trinajstić information content (AvgIpc) is 2.57. The van der Waals surface area contributed by atoms with Crippen LogP contribution in [0.15, 0.2) is 0 Å². The second-order valence-electron chi connectivity index (χ2n) is 4.41. The Bertz CT molecular complexity index is 239. The molecule has 1 rings (SSSR count). The summed E-state index contributed by atoms with van der Waals surface area (Å²) in [5, 5.41) is 0. The fourth-order valence-electron chi connectivity index (χ4n) is 1.49. The third kappa shape index (κ3) is 4.08. The molecule has 0 aromatic heterocycles. The van der Waals surface area contributed by atoms with Crippen LogP contribution in [0.25, 0.3) is 0 Å². The van der Waals surface area contributed by atoms with Gasteiger partial charge >= 0.3 is 5.97 Å². The normalized spacial score (nSPS) is 25.4. The van der Waals surface area contributed by atoms with Gasteiger partial charge in [-0.25, -0.2) is 0 Å². The predicted molar refractivity (Wildman–Crippen MR) is 56.9 cm³/mol. The maximum atomic E-state index is 11.1. The van der Waals surface area contributed by atoms with Crippen molar-refractivity contribution in [1.82, 2.24) is 0 Å². The minimum absolute atomic E-state index is 0.0557. The van der Waals surface area contributed by atoms with Crippen LogP contribution in [0.4, 0.5) is 0 Å². The molecule has 0 aromatic rings. The van der Waals surface area contributed by atoms with Crippen LogP contribution < -0.4 is 0 Å².